The summed E-state index contributed by atoms with van der Waals surface area (Å²) in [6.45, 7) is 7.50. The molecule has 32 heavy (non-hydrogen) atoms. The molecular weight excluding hydrogens is 470 g/mol. The van der Waals surface area contributed by atoms with Gasteiger partial charge in [0.05, 0.1) is 18.4 Å². The molecule has 0 saturated heterocycles. The number of anilines is 1. The van der Waals surface area contributed by atoms with Crippen LogP contribution in [0.25, 0.3) is 0 Å². The topological polar surface area (TPSA) is 80.5 Å². The molecule has 0 saturated carbocycles. The van der Waals surface area contributed by atoms with Gasteiger partial charge in [0.2, 0.25) is 5.96 Å². The maximum Gasteiger partial charge on any atom is 0.259 e. The molecule has 168 valence electrons. The van der Waals surface area contributed by atoms with Crippen molar-refractivity contribution in [2.75, 3.05) is 19.0 Å². The highest BCUT2D eigenvalue weighted by atomic mass is 79.9. The summed E-state index contributed by atoms with van der Waals surface area (Å²) in [5, 5.41) is 10.7. The van der Waals surface area contributed by atoms with Gasteiger partial charge in [-0.1, -0.05) is 18.2 Å². The van der Waals surface area contributed by atoms with Gasteiger partial charge in [0.25, 0.3) is 5.91 Å². The number of aryl methyl sites for hydroxylation is 2. The largest absolute Gasteiger partial charge is 0.497 e. The van der Waals surface area contributed by atoms with E-state index in [4.69, 9.17) is 4.74 Å². The summed E-state index contributed by atoms with van der Waals surface area (Å²) in [5.41, 5.74) is 4.65. The first kappa shape index (κ1) is 23.5. The Kier molecular flexibility index (Phi) is 8.05. The van der Waals surface area contributed by atoms with Gasteiger partial charge in [0.15, 0.2) is 0 Å². The van der Waals surface area contributed by atoms with E-state index in [0.717, 1.165) is 34.5 Å². The van der Waals surface area contributed by atoms with Gasteiger partial charge in [-0.3, -0.25) is 19.8 Å². The molecule has 0 aliphatic heterocycles. The van der Waals surface area contributed by atoms with E-state index in [-0.39, 0.29) is 5.91 Å². The quantitative estimate of drug-likeness (QED) is 0.365. The molecule has 0 atom stereocenters. The minimum absolute atomic E-state index is 0.252. The third kappa shape index (κ3) is 5.76. The molecule has 3 rings (SSSR count). The van der Waals surface area contributed by atoms with E-state index in [0.29, 0.717) is 23.8 Å². The Morgan fingerprint density at radius 2 is 1.97 bits per heavy atom. The SMILES string of the molecule is CCn1nc(C)c(CCN=C(NC(=O)c2ccccc2Br)Nc2cccc(OC)c2)c1C. The van der Waals surface area contributed by atoms with E-state index < -0.39 is 0 Å². The Labute approximate surface area is 197 Å². The molecule has 0 aliphatic rings. The number of guanidine groups is 1. The van der Waals surface area contributed by atoms with Crippen LogP contribution in [0.3, 0.4) is 0 Å². The van der Waals surface area contributed by atoms with E-state index in [1.54, 1.807) is 13.2 Å². The second-order valence-corrected chi connectivity index (χ2v) is 8.09. The van der Waals surface area contributed by atoms with Crippen molar-refractivity contribution in [2.24, 2.45) is 4.99 Å². The lowest BCUT2D eigenvalue weighted by Gasteiger charge is -2.13. The number of carbonyl (C=O) groups excluding carboxylic acids is 1. The summed E-state index contributed by atoms with van der Waals surface area (Å²) < 4.78 is 8.02. The molecule has 1 aromatic heterocycles. The van der Waals surface area contributed by atoms with Crippen molar-refractivity contribution in [3.63, 3.8) is 0 Å². The number of aromatic nitrogens is 2. The number of rotatable bonds is 7. The first-order valence-corrected chi connectivity index (χ1v) is 11.3. The summed E-state index contributed by atoms with van der Waals surface area (Å²) in [6.07, 6.45) is 0.728. The molecule has 0 fully saturated rings. The van der Waals surface area contributed by atoms with Gasteiger partial charge >= 0.3 is 0 Å². The highest BCUT2D eigenvalue weighted by Crippen LogP contribution is 2.18. The maximum absolute atomic E-state index is 12.9. The van der Waals surface area contributed by atoms with Crippen molar-refractivity contribution in [1.29, 1.82) is 0 Å². The normalized spacial score (nSPS) is 11.3. The summed E-state index contributed by atoms with van der Waals surface area (Å²) in [7, 11) is 1.62. The van der Waals surface area contributed by atoms with E-state index >= 15 is 0 Å². The van der Waals surface area contributed by atoms with Crippen LogP contribution in [0.2, 0.25) is 0 Å². The van der Waals surface area contributed by atoms with Gasteiger partial charge in [0.1, 0.15) is 5.75 Å². The van der Waals surface area contributed by atoms with Crippen LogP contribution in [-0.4, -0.2) is 35.3 Å². The highest BCUT2D eigenvalue weighted by molar-refractivity contribution is 9.10. The maximum atomic E-state index is 12.9. The number of amides is 1. The molecule has 3 aromatic rings. The first-order chi connectivity index (χ1) is 15.4. The van der Waals surface area contributed by atoms with Crippen molar-refractivity contribution in [1.82, 2.24) is 15.1 Å². The number of carbonyl (C=O) groups is 1. The Hall–Kier alpha value is -3.13. The van der Waals surface area contributed by atoms with Gasteiger partial charge in [0, 0.05) is 35.0 Å². The molecule has 0 bridgehead atoms. The van der Waals surface area contributed by atoms with E-state index in [1.165, 1.54) is 5.56 Å². The van der Waals surface area contributed by atoms with Gasteiger partial charge in [-0.15, -0.1) is 0 Å². The van der Waals surface area contributed by atoms with Gasteiger partial charge in [-0.05, 0) is 73.0 Å². The smallest absolute Gasteiger partial charge is 0.259 e. The zero-order valence-electron chi connectivity index (χ0n) is 18.8. The van der Waals surface area contributed by atoms with Crippen LogP contribution in [0.15, 0.2) is 58.0 Å². The number of halogens is 1. The van der Waals surface area contributed by atoms with Crippen molar-refractivity contribution in [3.8, 4) is 5.75 Å². The molecule has 2 aromatic carbocycles. The minimum atomic E-state index is -0.252. The molecular formula is C24H28BrN5O2. The average molecular weight is 498 g/mol. The van der Waals surface area contributed by atoms with Crippen LogP contribution < -0.4 is 15.4 Å². The zero-order valence-corrected chi connectivity index (χ0v) is 20.4. The number of ether oxygens (including phenoxy) is 1. The Morgan fingerprint density at radius 1 is 1.19 bits per heavy atom. The summed E-state index contributed by atoms with van der Waals surface area (Å²) in [6, 6.07) is 14.8. The monoisotopic (exact) mass is 497 g/mol. The molecule has 1 amide bonds. The standard InChI is InChI=1S/C24H28BrN5O2/c1-5-30-17(3)20(16(2)29-30)13-14-26-24(27-18-9-8-10-19(15-18)32-4)28-23(31)21-11-6-7-12-22(21)25/h6-12,15H,5,13-14H2,1-4H3,(H2,26,27,28,31). The molecule has 0 radical (unpaired) electrons. The lowest BCUT2D eigenvalue weighted by Crippen LogP contribution is -2.36. The number of methoxy groups -OCH3 is 1. The highest BCUT2D eigenvalue weighted by Gasteiger charge is 2.14. The van der Waals surface area contributed by atoms with E-state index in [9.17, 15) is 4.79 Å². The third-order valence-electron chi connectivity index (χ3n) is 5.15. The van der Waals surface area contributed by atoms with Crippen molar-refractivity contribution in [2.45, 2.75) is 33.7 Å². The Bertz CT molecular complexity index is 1120. The zero-order chi connectivity index (χ0) is 23.1. The molecule has 0 aliphatic carbocycles. The van der Waals surface area contributed by atoms with Gasteiger partial charge in [-0.25, -0.2) is 0 Å². The Balaban J connectivity index is 1.81. The molecule has 8 heteroatoms. The van der Waals surface area contributed by atoms with Crippen LogP contribution in [0.4, 0.5) is 5.69 Å². The number of nitrogens with zero attached hydrogens (tertiary/aromatic N) is 3. The third-order valence-corrected chi connectivity index (χ3v) is 5.84. The molecule has 7 nitrogen and oxygen atoms in total. The first-order valence-electron chi connectivity index (χ1n) is 10.5. The van der Waals surface area contributed by atoms with Crippen LogP contribution in [0.5, 0.6) is 5.75 Å². The lowest BCUT2D eigenvalue weighted by molar-refractivity contribution is 0.0976. The molecule has 0 unspecified atom stereocenters. The summed E-state index contributed by atoms with van der Waals surface area (Å²) in [4.78, 5) is 17.5. The van der Waals surface area contributed by atoms with Crippen LogP contribution in [0.1, 0.15) is 34.2 Å². The number of hydrogen-bond donors (Lipinski definition) is 2. The summed E-state index contributed by atoms with van der Waals surface area (Å²) >= 11 is 3.43. The Morgan fingerprint density at radius 3 is 2.66 bits per heavy atom. The van der Waals surface area contributed by atoms with Gasteiger partial charge in [-0.2, -0.15) is 5.10 Å². The second-order valence-electron chi connectivity index (χ2n) is 7.24. The number of hydrogen-bond acceptors (Lipinski definition) is 4. The molecule has 2 N–H and O–H groups in total. The van der Waals surface area contributed by atoms with Crippen molar-refractivity contribution < 1.29 is 9.53 Å². The van der Waals surface area contributed by atoms with E-state index in [1.807, 2.05) is 54.1 Å². The lowest BCUT2D eigenvalue weighted by atomic mass is 10.1. The number of aliphatic imine (C=N–C) groups is 1. The predicted octanol–water partition coefficient (Wildman–Crippen LogP) is 4.73. The van der Waals surface area contributed by atoms with E-state index in [2.05, 4.69) is 50.5 Å². The minimum Gasteiger partial charge on any atom is -0.497 e. The van der Waals surface area contributed by atoms with Crippen LogP contribution in [0, 0.1) is 13.8 Å². The molecule has 1 heterocycles. The fourth-order valence-corrected chi connectivity index (χ4v) is 3.92. The number of nitrogens with one attached hydrogen (secondary N) is 2. The summed E-state index contributed by atoms with van der Waals surface area (Å²) in [5.74, 6) is 0.833. The fourth-order valence-electron chi connectivity index (χ4n) is 3.45. The molecule has 0 spiro atoms. The van der Waals surface area contributed by atoms with Crippen molar-refractivity contribution >= 4 is 33.5 Å². The van der Waals surface area contributed by atoms with Crippen LogP contribution in [-0.2, 0) is 13.0 Å². The number of benzene rings is 2. The predicted molar refractivity (Wildman–Crippen MR) is 132 cm³/mol. The van der Waals surface area contributed by atoms with Gasteiger partial charge < -0.3 is 10.1 Å². The van der Waals surface area contributed by atoms with Crippen molar-refractivity contribution in [3.05, 3.63) is 75.5 Å². The van der Waals surface area contributed by atoms with Crippen LogP contribution >= 0.6 is 15.9 Å². The second kappa shape index (κ2) is 10.9. The average Bonchev–Trinajstić information content (AvgIpc) is 3.07. The fraction of sp³-hybridized carbons (Fsp3) is 0.292.